The summed E-state index contributed by atoms with van der Waals surface area (Å²) in [6, 6.07) is 6.02. The number of benzene rings is 1. The van der Waals surface area contributed by atoms with Crippen molar-refractivity contribution in [1.82, 2.24) is 15.5 Å². The SMILES string of the molecule is CC(C)(C)NCc1nnc(Nc2ccc(I)cc2Cl)o1. The maximum Gasteiger partial charge on any atom is 0.320 e. The molecule has 0 atom stereocenters. The molecule has 0 amide bonds. The molecule has 0 bridgehead atoms. The zero-order valence-electron chi connectivity index (χ0n) is 11.5. The van der Waals surface area contributed by atoms with Gasteiger partial charge in [0.2, 0.25) is 5.89 Å². The molecule has 1 heterocycles. The average Bonchev–Trinajstić information content (AvgIpc) is 2.77. The molecule has 7 heteroatoms. The second-order valence-electron chi connectivity index (χ2n) is 5.35. The first-order valence-corrected chi connectivity index (χ1v) is 7.59. The van der Waals surface area contributed by atoms with Gasteiger partial charge in [0.05, 0.1) is 17.3 Å². The molecular formula is C13H16ClIN4O. The molecule has 2 aromatic rings. The summed E-state index contributed by atoms with van der Waals surface area (Å²) in [7, 11) is 0. The van der Waals surface area contributed by atoms with Crippen LogP contribution in [-0.4, -0.2) is 15.7 Å². The van der Waals surface area contributed by atoms with Crippen molar-refractivity contribution in [3.8, 4) is 0 Å². The van der Waals surface area contributed by atoms with Crippen molar-refractivity contribution in [3.05, 3.63) is 32.7 Å². The molecule has 0 spiro atoms. The maximum atomic E-state index is 6.14. The molecular weight excluding hydrogens is 391 g/mol. The summed E-state index contributed by atoms with van der Waals surface area (Å²) in [5, 5.41) is 14.8. The number of anilines is 2. The average molecular weight is 407 g/mol. The Hall–Kier alpha value is -0.860. The van der Waals surface area contributed by atoms with Crippen molar-refractivity contribution in [2.75, 3.05) is 5.32 Å². The van der Waals surface area contributed by atoms with Crippen LogP contribution >= 0.6 is 34.2 Å². The third-order valence-corrected chi connectivity index (χ3v) is 3.39. The summed E-state index contributed by atoms with van der Waals surface area (Å²) in [5.41, 5.74) is 0.743. The van der Waals surface area contributed by atoms with Gasteiger partial charge in [-0.1, -0.05) is 16.7 Å². The second-order valence-corrected chi connectivity index (χ2v) is 7.01. The highest BCUT2D eigenvalue weighted by atomic mass is 127. The van der Waals surface area contributed by atoms with Gasteiger partial charge in [0.25, 0.3) is 0 Å². The Labute approximate surface area is 136 Å². The summed E-state index contributed by atoms with van der Waals surface area (Å²) in [5.74, 6) is 0.532. The van der Waals surface area contributed by atoms with Crippen LogP contribution in [0.15, 0.2) is 22.6 Å². The van der Waals surface area contributed by atoms with Crippen molar-refractivity contribution < 1.29 is 4.42 Å². The Morgan fingerprint density at radius 1 is 1.30 bits per heavy atom. The summed E-state index contributed by atoms with van der Waals surface area (Å²) in [6.45, 7) is 6.76. The minimum absolute atomic E-state index is 0.00148. The van der Waals surface area contributed by atoms with Crippen molar-refractivity contribution in [2.45, 2.75) is 32.9 Å². The monoisotopic (exact) mass is 406 g/mol. The van der Waals surface area contributed by atoms with Gasteiger partial charge in [-0.25, -0.2) is 0 Å². The quantitative estimate of drug-likeness (QED) is 0.753. The number of nitrogens with one attached hydrogen (secondary N) is 2. The van der Waals surface area contributed by atoms with Crippen molar-refractivity contribution in [1.29, 1.82) is 0 Å². The van der Waals surface area contributed by atoms with Crippen LogP contribution in [0.2, 0.25) is 5.02 Å². The lowest BCUT2D eigenvalue weighted by Gasteiger charge is -2.18. The predicted molar refractivity (Wildman–Crippen MR) is 88.3 cm³/mol. The Balaban J connectivity index is 2.02. The molecule has 0 aliphatic carbocycles. The molecule has 0 aliphatic heterocycles. The van der Waals surface area contributed by atoms with E-state index in [4.69, 9.17) is 16.0 Å². The van der Waals surface area contributed by atoms with E-state index in [0.717, 1.165) is 9.26 Å². The molecule has 2 N–H and O–H groups in total. The zero-order chi connectivity index (χ0) is 14.8. The van der Waals surface area contributed by atoms with Gasteiger partial charge in [-0.3, -0.25) is 0 Å². The molecule has 0 saturated carbocycles. The lowest BCUT2D eigenvalue weighted by atomic mass is 10.1. The third kappa shape index (κ3) is 4.60. The Kier molecular flexibility index (Phi) is 4.87. The van der Waals surface area contributed by atoms with Crippen LogP contribution in [0.25, 0.3) is 0 Å². The number of hydrogen-bond acceptors (Lipinski definition) is 5. The van der Waals surface area contributed by atoms with E-state index in [-0.39, 0.29) is 5.54 Å². The Morgan fingerprint density at radius 2 is 2.05 bits per heavy atom. The van der Waals surface area contributed by atoms with E-state index < -0.39 is 0 Å². The predicted octanol–water partition coefficient (Wildman–Crippen LogP) is 3.96. The van der Waals surface area contributed by atoms with Gasteiger partial charge in [0, 0.05) is 9.11 Å². The second kappa shape index (κ2) is 6.28. The summed E-state index contributed by atoms with van der Waals surface area (Å²) in [6.07, 6.45) is 0. The standard InChI is InChI=1S/C13H16ClIN4O/c1-13(2,3)16-7-11-18-19-12(20-11)17-10-5-4-8(15)6-9(10)14/h4-6,16H,7H2,1-3H3,(H,17,19). The first kappa shape index (κ1) is 15.5. The fraction of sp³-hybridized carbons (Fsp3) is 0.385. The summed E-state index contributed by atoms with van der Waals surface area (Å²) >= 11 is 8.34. The van der Waals surface area contributed by atoms with Gasteiger partial charge in [-0.15, -0.1) is 5.10 Å². The highest BCUT2D eigenvalue weighted by Gasteiger charge is 2.12. The molecule has 1 aromatic heterocycles. The normalized spacial score (nSPS) is 11.7. The smallest absolute Gasteiger partial charge is 0.320 e. The minimum Gasteiger partial charge on any atom is -0.406 e. The molecule has 2 rings (SSSR count). The van der Waals surface area contributed by atoms with Gasteiger partial charge < -0.3 is 15.1 Å². The van der Waals surface area contributed by atoms with Crippen molar-refractivity contribution >= 4 is 45.9 Å². The highest BCUT2D eigenvalue weighted by Crippen LogP contribution is 2.26. The van der Waals surface area contributed by atoms with Crippen LogP contribution < -0.4 is 10.6 Å². The van der Waals surface area contributed by atoms with Crippen LogP contribution in [0.4, 0.5) is 11.7 Å². The van der Waals surface area contributed by atoms with E-state index in [1.807, 2.05) is 18.2 Å². The van der Waals surface area contributed by atoms with Gasteiger partial charge in [-0.05, 0) is 61.6 Å². The van der Waals surface area contributed by atoms with Crippen molar-refractivity contribution in [2.24, 2.45) is 0 Å². The molecule has 108 valence electrons. The van der Waals surface area contributed by atoms with Gasteiger partial charge >= 0.3 is 6.01 Å². The molecule has 0 radical (unpaired) electrons. The van der Waals surface area contributed by atoms with Crippen LogP contribution in [0, 0.1) is 3.57 Å². The maximum absolute atomic E-state index is 6.14. The molecule has 20 heavy (non-hydrogen) atoms. The van der Waals surface area contributed by atoms with E-state index in [1.165, 1.54) is 0 Å². The lowest BCUT2D eigenvalue weighted by molar-refractivity contribution is 0.384. The van der Waals surface area contributed by atoms with Crippen molar-refractivity contribution in [3.63, 3.8) is 0 Å². The van der Waals surface area contributed by atoms with E-state index in [9.17, 15) is 0 Å². The van der Waals surface area contributed by atoms with E-state index in [1.54, 1.807) is 0 Å². The Bertz CT molecular complexity index is 594. The first-order valence-electron chi connectivity index (χ1n) is 6.13. The van der Waals surface area contributed by atoms with Gasteiger partial charge in [0.1, 0.15) is 0 Å². The van der Waals surface area contributed by atoms with Gasteiger partial charge in [-0.2, -0.15) is 0 Å². The highest BCUT2D eigenvalue weighted by molar-refractivity contribution is 14.1. The van der Waals surface area contributed by atoms with E-state index in [0.29, 0.717) is 23.5 Å². The number of halogens is 2. The fourth-order valence-corrected chi connectivity index (χ4v) is 2.33. The van der Waals surface area contributed by atoms with Crippen LogP contribution in [-0.2, 0) is 6.54 Å². The fourth-order valence-electron chi connectivity index (χ4n) is 1.42. The number of nitrogens with zero attached hydrogens (tertiary/aromatic N) is 2. The summed E-state index contributed by atoms with van der Waals surface area (Å²) < 4.78 is 6.58. The van der Waals surface area contributed by atoms with E-state index in [2.05, 4.69) is 64.2 Å². The first-order chi connectivity index (χ1) is 9.33. The molecule has 0 aliphatic rings. The largest absolute Gasteiger partial charge is 0.406 e. The number of rotatable bonds is 4. The zero-order valence-corrected chi connectivity index (χ0v) is 14.4. The lowest BCUT2D eigenvalue weighted by Crippen LogP contribution is -2.35. The minimum atomic E-state index is 0.00148. The molecule has 0 fully saturated rings. The molecule has 5 nitrogen and oxygen atoms in total. The molecule has 0 saturated heterocycles. The Morgan fingerprint density at radius 3 is 2.70 bits per heavy atom. The third-order valence-electron chi connectivity index (χ3n) is 2.41. The van der Waals surface area contributed by atoms with E-state index >= 15 is 0 Å². The van der Waals surface area contributed by atoms with Crippen LogP contribution in [0.1, 0.15) is 26.7 Å². The van der Waals surface area contributed by atoms with Crippen LogP contribution in [0.5, 0.6) is 0 Å². The topological polar surface area (TPSA) is 63.0 Å². The number of aromatic nitrogens is 2. The van der Waals surface area contributed by atoms with Gasteiger partial charge in [0.15, 0.2) is 0 Å². The summed E-state index contributed by atoms with van der Waals surface area (Å²) in [4.78, 5) is 0. The number of hydrogen-bond donors (Lipinski definition) is 2. The molecule has 1 aromatic carbocycles. The van der Waals surface area contributed by atoms with Crippen LogP contribution in [0.3, 0.4) is 0 Å². The molecule has 0 unspecified atom stereocenters.